The lowest BCUT2D eigenvalue weighted by Crippen LogP contribution is -2.39. The minimum Gasteiger partial charge on any atom is -0.452 e. The maximum Gasteiger partial charge on any atom is 0.343 e. The molecule has 0 aliphatic carbocycles. The van der Waals surface area contributed by atoms with Crippen LogP contribution < -0.4 is 10.6 Å². The van der Waals surface area contributed by atoms with Gasteiger partial charge in [0.2, 0.25) is 0 Å². The molecule has 1 heterocycles. The van der Waals surface area contributed by atoms with E-state index in [0.717, 1.165) is 11.1 Å². The van der Waals surface area contributed by atoms with E-state index in [1.807, 2.05) is 36.5 Å². The Hall–Kier alpha value is -2.87. The van der Waals surface area contributed by atoms with Gasteiger partial charge < -0.3 is 10.1 Å². The highest BCUT2D eigenvalue weighted by Gasteiger charge is 2.22. The molecule has 1 aromatic carbocycles. The van der Waals surface area contributed by atoms with E-state index in [1.54, 1.807) is 6.92 Å². The molecule has 0 saturated heterocycles. The Balaban J connectivity index is 2.06. The Labute approximate surface area is 155 Å². The van der Waals surface area contributed by atoms with Crippen molar-refractivity contribution in [3.63, 3.8) is 0 Å². The first-order valence-electron chi connectivity index (χ1n) is 7.79. The van der Waals surface area contributed by atoms with Crippen molar-refractivity contribution in [1.82, 2.24) is 20.4 Å². The Morgan fingerprint density at radius 3 is 2.46 bits per heavy atom. The second kappa shape index (κ2) is 8.48. The Morgan fingerprint density at radius 2 is 1.85 bits per heavy atom. The zero-order chi connectivity index (χ0) is 19.3. The number of rotatable bonds is 5. The van der Waals surface area contributed by atoms with Crippen LogP contribution in [0.4, 0.5) is 4.79 Å². The molecule has 1 aromatic heterocycles. The smallest absolute Gasteiger partial charge is 0.343 e. The standard InChI is InChI=1S/C17H19ClN4O4/c1-10-4-6-12(7-5-10)8-22-15(18)14(11(2)21-22)16(24)26-9-13(23)20-17(25)19-3/h4-7H,8-9H2,1-3H3,(H2,19,20,23,25). The highest BCUT2D eigenvalue weighted by molar-refractivity contribution is 6.32. The van der Waals surface area contributed by atoms with Gasteiger partial charge in [0.15, 0.2) is 6.61 Å². The number of imide groups is 1. The molecule has 0 unspecified atom stereocenters. The average molecular weight is 379 g/mol. The van der Waals surface area contributed by atoms with Gasteiger partial charge in [-0.15, -0.1) is 0 Å². The maximum atomic E-state index is 12.2. The highest BCUT2D eigenvalue weighted by atomic mass is 35.5. The molecule has 8 nitrogen and oxygen atoms in total. The van der Waals surface area contributed by atoms with E-state index in [4.69, 9.17) is 16.3 Å². The van der Waals surface area contributed by atoms with Gasteiger partial charge in [-0.05, 0) is 19.4 Å². The molecule has 2 aromatic rings. The van der Waals surface area contributed by atoms with Crippen LogP contribution in [0.3, 0.4) is 0 Å². The summed E-state index contributed by atoms with van der Waals surface area (Å²) in [4.78, 5) is 34.7. The number of carbonyl (C=O) groups is 3. The van der Waals surface area contributed by atoms with Crippen LogP contribution >= 0.6 is 11.6 Å². The summed E-state index contributed by atoms with van der Waals surface area (Å²) in [7, 11) is 1.36. The third-order valence-corrected chi connectivity index (χ3v) is 3.92. The van der Waals surface area contributed by atoms with Gasteiger partial charge in [0.05, 0.1) is 12.2 Å². The van der Waals surface area contributed by atoms with Crippen molar-refractivity contribution >= 4 is 29.5 Å². The molecule has 0 fully saturated rings. The SMILES string of the molecule is CNC(=O)NC(=O)COC(=O)c1c(C)nn(Cc2ccc(C)cc2)c1Cl. The Morgan fingerprint density at radius 1 is 1.19 bits per heavy atom. The second-order valence-corrected chi connectivity index (χ2v) is 5.96. The lowest BCUT2D eigenvalue weighted by atomic mass is 10.1. The number of aromatic nitrogens is 2. The predicted molar refractivity (Wildman–Crippen MR) is 95.1 cm³/mol. The number of aryl methyl sites for hydroxylation is 2. The number of carbonyl (C=O) groups excluding carboxylic acids is 3. The van der Waals surface area contributed by atoms with Gasteiger partial charge >= 0.3 is 12.0 Å². The normalized spacial score (nSPS) is 10.3. The molecule has 26 heavy (non-hydrogen) atoms. The van der Waals surface area contributed by atoms with Crippen molar-refractivity contribution in [2.75, 3.05) is 13.7 Å². The number of hydrogen-bond acceptors (Lipinski definition) is 5. The van der Waals surface area contributed by atoms with Crippen LogP contribution in [0.2, 0.25) is 5.15 Å². The van der Waals surface area contributed by atoms with E-state index in [9.17, 15) is 14.4 Å². The molecule has 0 aliphatic rings. The molecule has 0 bridgehead atoms. The van der Waals surface area contributed by atoms with Crippen LogP contribution in [0, 0.1) is 13.8 Å². The number of urea groups is 1. The van der Waals surface area contributed by atoms with Crippen LogP contribution in [-0.4, -0.2) is 41.3 Å². The first kappa shape index (κ1) is 19.5. The molecule has 138 valence electrons. The van der Waals surface area contributed by atoms with Gasteiger partial charge in [0.1, 0.15) is 10.7 Å². The van der Waals surface area contributed by atoms with Crippen molar-refractivity contribution in [3.05, 3.63) is 51.8 Å². The fraction of sp³-hybridized carbons (Fsp3) is 0.294. The monoisotopic (exact) mass is 378 g/mol. The minimum absolute atomic E-state index is 0.0894. The fourth-order valence-corrected chi connectivity index (χ4v) is 2.50. The molecular formula is C17H19ClN4O4. The first-order valence-corrected chi connectivity index (χ1v) is 8.16. The molecule has 3 amide bonds. The van der Waals surface area contributed by atoms with Gasteiger partial charge in [0, 0.05) is 7.05 Å². The third-order valence-electron chi connectivity index (χ3n) is 3.54. The summed E-state index contributed by atoms with van der Waals surface area (Å²) in [5, 5.41) is 8.59. The van der Waals surface area contributed by atoms with E-state index < -0.39 is 24.5 Å². The molecule has 0 spiro atoms. The number of hydrogen-bond donors (Lipinski definition) is 2. The number of esters is 1. The molecule has 0 atom stereocenters. The molecule has 0 radical (unpaired) electrons. The number of benzene rings is 1. The molecule has 9 heteroatoms. The highest BCUT2D eigenvalue weighted by Crippen LogP contribution is 2.22. The zero-order valence-corrected chi connectivity index (χ0v) is 15.4. The molecule has 0 saturated carbocycles. The summed E-state index contributed by atoms with van der Waals surface area (Å²) in [6, 6.07) is 7.15. The summed E-state index contributed by atoms with van der Waals surface area (Å²) in [5.74, 6) is -1.53. The number of amides is 3. The Bertz CT molecular complexity index is 830. The average Bonchev–Trinajstić information content (AvgIpc) is 2.88. The van der Waals surface area contributed by atoms with E-state index in [1.165, 1.54) is 11.7 Å². The van der Waals surface area contributed by atoms with Crippen LogP contribution in [-0.2, 0) is 16.1 Å². The Kier molecular flexibility index (Phi) is 6.35. The van der Waals surface area contributed by atoms with E-state index in [-0.39, 0.29) is 10.7 Å². The summed E-state index contributed by atoms with van der Waals surface area (Å²) in [6.45, 7) is 3.40. The van der Waals surface area contributed by atoms with Crippen molar-refractivity contribution in [1.29, 1.82) is 0 Å². The molecule has 0 aliphatic heterocycles. The molecular weight excluding hydrogens is 360 g/mol. The summed E-state index contributed by atoms with van der Waals surface area (Å²) in [6.07, 6.45) is 0. The topological polar surface area (TPSA) is 102 Å². The van der Waals surface area contributed by atoms with Crippen molar-refractivity contribution in [3.8, 4) is 0 Å². The minimum atomic E-state index is -0.783. The molecule has 2 rings (SSSR count). The summed E-state index contributed by atoms with van der Waals surface area (Å²) >= 11 is 6.26. The van der Waals surface area contributed by atoms with Gasteiger partial charge in [-0.2, -0.15) is 5.10 Å². The van der Waals surface area contributed by atoms with Crippen molar-refractivity contribution in [2.24, 2.45) is 0 Å². The van der Waals surface area contributed by atoms with Crippen LogP contribution in [0.25, 0.3) is 0 Å². The number of nitrogens with one attached hydrogen (secondary N) is 2. The van der Waals surface area contributed by atoms with Crippen molar-refractivity contribution in [2.45, 2.75) is 20.4 Å². The lowest BCUT2D eigenvalue weighted by molar-refractivity contribution is -0.123. The fourth-order valence-electron chi connectivity index (χ4n) is 2.18. The first-order chi connectivity index (χ1) is 12.3. The number of ether oxygens (including phenoxy) is 1. The van der Waals surface area contributed by atoms with Gasteiger partial charge in [-0.25, -0.2) is 14.3 Å². The number of nitrogens with zero attached hydrogens (tertiary/aromatic N) is 2. The maximum absolute atomic E-state index is 12.2. The predicted octanol–water partition coefficient (Wildman–Crippen LogP) is 1.81. The van der Waals surface area contributed by atoms with Crippen molar-refractivity contribution < 1.29 is 19.1 Å². The quantitative estimate of drug-likeness (QED) is 0.772. The van der Waals surface area contributed by atoms with Gasteiger partial charge in [-0.1, -0.05) is 41.4 Å². The van der Waals surface area contributed by atoms with Crippen LogP contribution in [0.15, 0.2) is 24.3 Å². The van der Waals surface area contributed by atoms with Crippen LogP contribution in [0.1, 0.15) is 27.2 Å². The van der Waals surface area contributed by atoms with E-state index >= 15 is 0 Å². The summed E-state index contributed by atoms with van der Waals surface area (Å²) < 4.78 is 6.40. The van der Waals surface area contributed by atoms with E-state index in [0.29, 0.717) is 12.2 Å². The van der Waals surface area contributed by atoms with E-state index in [2.05, 4.69) is 10.4 Å². The lowest BCUT2D eigenvalue weighted by Gasteiger charge is -2.06. The van der Waals surface area contributed by atoms with Crippen LogP contribution in [0.5, 0.6) is 0 Å². The van der Waals surface area contributed by atoms with Gasteiger partial charge in [-0.3, -0.25) is 10.1 Å². The summed E-state index contributed by atoms with van der Waals surface area (Å²) in [5.41, 5.74) is 2.59. The molecule has 2 N–H and O–H groups in total. The second-order valence-electron chi connectivity index (χ2n) is 5.60. The third kappa shape index (κ3) is 4.82. The zero-order valence-electron chi connectivity index (χ0n) is 14.6. The largest absolute Gasteiger partial charge is 0.452 e. The van der Waals surface area contributed by atoms with Gasteiger partial charge in [0.25, 0.3) is 5.91 Å². The number of halogens is 1.